The maximum absolute atomic E-state index is 12.3. The number of hydrogen-bond donors (Lipinski definition) is 0. The van der Waals surface area contributed by atoms with Crippen molar-refractivity contribution >= 4 is 38.6 Å². The normalized spacial score (nSPS) is 21.4. The van der Waals surface area contributed by atoms with Gasteiger partial charge in [0.05, 0.1) is 5.04 Å². The summed E-state index contributed by atoms with van der Waals surface area (Å²) in [6, 6.07) is 11.8. The van der Waals surface area contributed by atoms with E-state index >= 15 is 0 Å². The Balaban J connectivity index is 1.84. The van der Waals surface area contributed by atoms with Gasteiger partial charge in [-0.25, -0.2) is 4.99 Å². The molecule has 0 spiro atoms. The second-order valence-electron chi connectivity index (χ2n) is 4.95. The fourth-order valence-electron chi connectivity index (χ4n) is 2.25. The van der Waals surface area contributed by atoms with Crippen molar-refractivity contribution < 1.29 is 4.79 Å². The molecular formula is C16H13BrN2OS. The number of amides is 1. The molecule has 3 rings (SSSR count). The molecule has 0 bridgehead atoms. The van der Waals surface area contributed by atoms with Crippen LogP contribution >= 0.6 is 27.7 Å². The van der Waals surface area contributed by atoms with Gasteiger partial charge in [-0.05, 0) is 36.2 Å². The molecule has 1 aromatic carbocycles. The van der Waals surface area contributed by atoms with Gasteiger partial charge in [0.2, 0.25) is 0 Å². The monoisotopic (exact) mass is 360 g/mol. The number of carbonyl (C=O) groups is 1. The smallest absolute Gasteiger partial charge is 0.267 e. The summed E-state index contributed by atoms with van der Waals surface area (Å²) in [5.74, 6) is -0.0965. The Kier molecular flexibility index (Phi) is 3.95. The number of aliphatic imine (C=N–C) groups is 1. The maximum atomic E-state index is 12.3. The van der Waals surface area contributed by atoms with E-state index in [1.54, 1.807) is 12.4 Å². The quantitative estimate of drug-likeness (QED) is 0.831. The van der Waals surface area contributed by atoms with Crippen molar-refractivity contribution in [2.45, 2.75) is 18.1 Å². The fraction of sp³-hybridized carbons (Fsp3) is 0.188. The third kappa shape index (κ3) is 2.80. The van der Waals surface area contributed by atoms with Gasteiger partial charge >= 0.3 is 0 Å². The van der Waals surface area contributed by atoms with Gasteiger partial charge in [0, 0.05) is 23.3 Å². The highest BCUT2D eigenvalue weighted by Gasteiger charge is 2.42. The first kappa shape index (κ1) is 14.5. The van der Waals surface area contributed by atoms with Crippen molar-refractivity contribution in [3.63, 3.8) is 0 Å². The maximum Gasteiger partial charge on any atom is 0.267 e. The highest BCUT2D eigenvalue weighted by molar-refractivity contribution is 9.10. The number of nitrogens with zero attached hydrogens (tertiary/aromatic N) is 2. The predicted octanol–water partition coefficient (Wildman–Crippen LogP) is 3.97. The first-order valence-corrected chi connectivity index (χ1v) is 8.15. The first-order chi connectivity index (χ1) is 10.1. The van der Waals surface area contributed by atoms with E-state index in [1.807, 2.05) is 43.3 Å². The Morgan fingerprint density at radius 2 is 1.90 bits per heavy atom. The lowest BCUT2D eigenvalue weighted by atomic mass is 10.0. The number of carbonyl (C=O) groups excluding carboxylic acids is 1. The van der Waals surface area contributed by atoms with E-state index in [0.29, 0.717) is 6.42 Å². The minimum Gasteiger partial charge on any atom is -0.271 e. The van der Waals surface area contributed by atoms with E-state index in [1.165, 1.54) is 11.8 Å². The van der Waals surface area contributed by atoms with Gasteiger partial charge in [-0.2, -0.15) is 0 Å². The number of aromatic nitrogens is 1. The minimum absolute atomic E-state index is 0.0965. The average Bonchev–Trinajstić information content (AvgIpc) is 2.78. The third-order valence-electron chi connectivity index (χ3n) is 3.49. The van der Waals surface area contributed by atoms with Crippen LogP contribution in [0.5, 0.6) is 0 Å². The van der Waals surface area contributed by atoms with E-state index in [0.717, 1.165) is 20.6 Å². The van der Waals surface area contributed by atoms with E-state index in [-0.39, 0.29) is 5.91 Å². The highest BCUT2D eigenvalue weighted by Crippen LogP contribution is 2.43. The SMILES string of the molecule is CC1(c2ccncc2)SC(Cc2ccccc2Br)=NC1=O. The Hall–Kier alpha value is -1.46. The Morgan fingerprint density at radius 3 is 2.62 bits per heavy atom. The van der Waals surface area contributed by atoms with E-state index in [4.69, 9.17) is 0 Å². The summed E-state index contributed by atoms with van der Waals surface area (Å²) in [5.41, 5.74) is 2.08. The molecular weight excluding hydrogens is 348 g/mol. The highest BCUT2D eigenvalue weighted by atomic mass is 79.9. The van der Waals surface area contributed by atoms with Crippen molar-refractivity contribution in [2.24, 2.45) is 4.99 Å². The molecule has 106 valence electrons. The zero-order valence-corrected chi connectivity index (χ0v) is 13.8. The molecule has 0 saturated carbocycles. The van der Waals surface area contributed by atoms with Crippen LogP contribution in [-0.2, 0) is 16.0 Å². The van der Waals surface area contributed by atoms with Gasteiger partial charge in [-0.15, -0.1) is 0 Å². The molecule has 2 heterocycles. The lowest BCUT2D eigenvalue weighted by Gasteiger charge is -2.20. The zero-order chi connectivity index (χ0) is 14.9. The molecule has 3 nitrogen and oxygen atoms in total. The van der Waals surface area contributed by atoms with Crippen LogP contribution in [0.1, 0.15) is 18.1 Å². The van der Waals surface area contributed by atoms with Crippen LogP contribution in [0.2, 0.25) is 0 Å². The summed E-state index contributed by atoms with van der Waals surface area (Å²) in [6.45, 7) is 1.92. The summed E-state index contributed by atoms with van der Waals surface area (Å²) >= 11 is 5.06. The second-order valence-corrected chi connectivity index (χ2v) is 7.30. The van der Waals surface area contributed by atoms with Crippen LogP contribution in [0.15, 0.2) is 58.3 Å². The van der Waals surface area contributed by atoms with Gasteiger partial charge < -0.3 is 0 Å². The van der Waals surface area contributed by atoms with Crippen LogP contribution in [0.3, 0.4) is 0 Å². The van der Waals surface area contributed by atoms with E-state index in [2.05, 4.69) is 25.9 Å². The largest absolute Gasteiger partial charge is 0.271 e. The number of thioether (sulfide) groups is 1. The number of rotatable bonds is 3. The van der Waals surface area contributed by atoms with E-state index < -0.39 is 4.75 Å². The van der Waals surface area contributed by atoms with Gasteiger partial charge in [-0.1, -0.05) is 45.9 Å². The molecule has 2 aromatic rings. The minimum atomic E-state index is -0.639. The molecule has 0 radical (unpaired) electrons. The van der Waals surface area contributed by atoms with E-state index in [9.17, 15) is 4.79 Å². The Morgan fingerprint density at radius 1 is 1.19 bits per heavy atom. The van der Waals surface area contributed by atoms with Crippen molar-refractivity contribution in [2.75, 3.05) is 0 Å². The molecule has 1 aliphatic heterocycles. The number of hydrogen-bond acceptors (Lipinski definition) is 3. The molecule has 0 saturated heterocycles. The molecule has 5 heteroatoms. The summed E-state index contributed by atoms with van der Waals surface area (Å²) in [6.07, 6.45) is 4.08. The summed E-state index contributed by atoms with van der Waals surface area (Å²) in [7, 11) is 0. The average molecular weight is 361 g/mol. The molecule has 1 amide bonds. The van der Waals surface area contributed by atoms with Crippen LogP contribution in [0.25, 0.3) is 0 Å². The molecule has 1 aliphatic rings. The zero-order valence-electron chi connectivity index (χ0n) is 11.4. The van der Waals surface area contributed by atoms with Crippen LogP contribution in [0, 0.1) is 0 Å². The topological polar surface area (TPSA) is 42.3 Å². The lowest BCUT2D eigenvalue weighted by molar-refractivity contribution is -0.119. The van der Waals surface area contributed by atoms with Crippen LogP contribution < -0.4 is 0 Å². The van der Waals surface area contributed by atoms with Gasteiger partial charge in [-0.3, -0.25) is 9.78 Å². The third-order valence-corrected chi connectivity index (χ3v) is 5.55. The van der Waals surface area contributed by atoms with Crippen molar-refractivity contribution in [1.82, 2.24) is 4.98 Å². The van der Waals surface area contributed by atoms with Crippen LogP contribution in [0.4, 0.5) is 0 Å². The van der Waals surface area contributed by atoms with Crippen molar-refractivity contribution in [3.8, 4) is 0 Å². The predicted molar refractivity (Wildman–Crippen MR) is 89.5 cm³/mol. The summed E-state index contributed by atoms with van der Waals surface area (Å²) in [5, 5.41) is 0.853. The summed E-state index contributed by atoms with van der Waals surface area (Å²) in [4.78, 5) is 20.6. The molecule has 1 aromatic heterocycles. The second kappa shape index (κ2) is 5.73. The van der Waals surface area contributed by atoms with Gasteiger partial charge in [0.1, 0.15) is 4.75 Å². The Labute approximate surface area is 136 Å². The standard InChI is InChI=1S/C16H13BrN2OS/c1-16(12-6-8-18-9-7-12)15(20)19-14(21-16)10-11-4-2-3-5-13(11)17/h2-9H,10H2,1H3. The molecule has 0 fully saturated rings. The van der Waals surface area contributed by atoms with Gasteiger partial charge in [0.15, 0.2) is 0 Å². The number of benzene rings is 1. The first-order valence-electron chi connectivity index (χ1n) is 6.54. The van der Waals surface area contributed by atoms with Crippen LogP contribution in [-0.4, -0.2) is 15.9 Å². The van der Waals surface area contributed by atoms with Gasteiger partial charge in [0.25, 0.3) is 5.91 Å². The summed E-state index contributed by atoms with van der Waals surface area (Å²) < 4.78 is 0.401. The molecule has 1 unspecified atom stereocenters. The lowest BCUT2D eigenvalue weighted by Crippen LogP contribution is -2.24. The van der Waals surface area contributed by atoms with Crippen molar-refractivity contribution in [1.29, 1.82) is 0 Å². The van der Waals surface area contributed by atoms with Crippen molar-refractivity contribution in [3.05, 3.63) is 64.4 Å². The number of pyridine rings is 1. The molecule has 1 atom stereocenters. The number of halogens is 1. The molecule has 21 heavy (non-hydrogen) atoms. The molecule has 0 aliphatic carbocycles. The fourth-order valence-corrected chi connectivity index (χ4v) is 3.89. The Bertz CT molecular complexity index is 717. The molecule has 0 N–H and O–H groups in total.